The lowest BCUT2D eigenvalue weighted by molar-refractivity contribution is -0.384. The van der Waals surface area contributed by atoms with Crippen molar-refractivity contribution in [3.63, 3.8) is 0 Å². The summed E-state index contributed by atoms with van der Waals surface area (Å²) in [5, 5.41) is 10.8. The van der Waals surface area contributed by atoms with E-state index in [0.29, 0.717) is 0 Å². The molecule has 0 radical (unpaired) electrons. The van der Waals surface area contributed by atoms with E-state index in [9.17, 15) is 18.5 Å². The predicted molar refractivity (Wildman–Crippen MR) is 93.7 cm³/mol. The maximum Gasteiger partial charge on any atom is 0.271 e. The Bertz CT molecular complexity index is 843. The molecule has 0 saturated carbocycles. The van der Waals surface area contributed by atoms with Crippen molar-refractivity contribution in [2.24, 2.45) is 0 Å². The van der Waals surface area contributed by atoms with Crippen molar-refractivity contribution < 1.29 is 13.3 Å². The highest BCUT2D eigenvalue weighted by Gasteiger charge is 2.20. The molecule has 0 aliphatic carbocycles. The van der Waals surface area contributed by atoms with Gasteiger partial charge in [0.05, 0.1) is 15.5 Å². The summed E-state index contributed by atoms with van der Waals surface area (Å²) in [5.41, 5.74) is 1.01. The Morgan fingerprint density at radius 2 is 1.75 bits per heavy atom. The van der Waals surface area contributed by atoms with Gasteiger partial charge in [-0.3, -0.25) is 14.8 Å². The van der Waals surface area contributed by atoms with Crippen LogP contribution < -0.4 is 4.72 Å². The Morgan fingerprint density at radius 3 is 2.29 bits per heavy atom. The zero-order valence-electron chi connectivity index (χ0n) is 13.8. The number of nitrogens with one attached hydrogen (secondary N) is 1. The zero-order valence-corrected chi connectivity index (χ0v) is 14.6. The van der Waals surface area contributed by atoms with E-state index in [2.05, 4.69) is 25.5 Å². The SMILES string of the molecule is CCC(C)(C)c1ccc(S(=O)(=O)Nc2cccc([N+](=O)[O-])c2)cc1. The molecule has 0 bridgehead atoms. The molecule has 2 rings (SSSR count). The molecule has 0 aliphatic rings. The first-order chi connectivity index (χ1) is 11.2. The van der Waals surface area contributed by atoms with Crippen LogP contribution in [0.2, 0.25) is 0 Å². The highest BCUT2D eigenvalue weighted by Crippen LogP contribution is 2.28. The van der Waals surface area contributed by atoms with Gasteiger partial charge in [-0.1, -0.05) is 39.0 Å². The highest BCUT2D eigenvalue weighted by molar-refractivity contribution is 7.92. The molecule has 0 amide bonds. The molecule has 6 nitrogen and oxygen atoms in total. The van der Waals surface area contributed by atoms with Crippen LogP contribution in [0.25, 0.3) is 0 Å². The monoisotopic (exact) mass is 348 g/mol. The van der Waals surface area contributed by atoms with Crippen molar-refractivity contribution in [1.29, 1.82) is 0 Å². The van der Waals surface area contributed by atoms with E-state index in [-0.39, 0.29) is 21.7 Å². The molecule has 2 aromatic carbocycles. The fourth-order valence-electron chi connectivity index (χ4n) is 2.19. The minimum atomic E-state index is -3.80. The average molecular weight is 348 g/mol. The van der Waals surface area contributed by atoms with Crippen LogP contribution in [0.15, 0.2) is 53.4 Å². The Kier molecular flexibility index (Phi) is 4.94. The summed E-state index contributed by atoms with van der Waals surface area (Å²) in [6, 6.07) is 12.1. The number of sulfonamides is 1. The van der Waals surface area contributed by atoms with Crippen molar-refractivity contribution in [2.75, 3.05) is 4.72 Å². The van der Waals surface area contributed by atoms with Gasteiger partial charge in [-0.25, -0.2) is 8.42 Å². The maximum absolute atomic E-state index is 12.4. The van der Waals surface area contributed by atoms with E-state index in [0.717, 1.165) is 12.0 Å². The highest BCUT2D eigenvalue weighted by atomic mass is 32.2. The number of hydrogen-bond acceptors (Lipinski definition) is 4. The number of anilines is 1. The third kappa shape index (κ3) is 3.91. The van der Waals surface area contributed by atoms with Gasteiger partial charge in [0, 0.05) is 12.1 Å². The normalized spacial score (nSPS) is 12.0. The van der Waals surface area contributed by atoms with E-state index in [1.807, 2.05) is 0 Å². The summed E-state index contributed by atoms with van der Waals surface area (Å²) in [6.45, 7) is 6.27. The quantitative estimate of drug-likeness (QED) is 0.629. The third-order valence-corrected chi connectivity index (χ3v) is 5.54. The van der Waals surface area contributed by atoms with Gasteiger partial charge < -0.3 is 0 Å². The van der Waals surface area contributed by atoms with Gasteiger partial charge in [0.15, 0.2) is 0 Å². The average Bonchev–Trinajstić information content (AvgIpc) is 2.54. The second kappa shape index (κ2) is 6.60. The number of benzene rings is 2. The summed E-state index contributed by atoms with van der Waals surface area (Å²) in [7, 11) is -3.80. The van der Waals surface area contributed by atoms with Crippen molar-refractivity contribution >= 4 is 21.4 Å². The van der Waals surface area contributed by atoms with E-state index in [1.165, 1.54) is 24.3 Å². The lowest BCUT2D eigenvalue weighted by atomic mass is 9.82. The first kappa shape index (κ1) is 17.9. The van der Waals surface area contributed by atoms with Crippen LogP contribution in [0.1, 0.15) is 32.8 Å². The maximum atomic E-state index is 12.4. The van der Waals surface area contributed by atoms with E-state index < -0.39 is 14.9 Å². The Hall–Kier alpha value is -2.41. The van der Waals surface area contributed by atoms with E-state index in [4.69, 9.17) is 0 Å². The van der Waals surface area contributed by atoms with Gasteiger partial charge in [0.1, 0.15) is 0 Å². The molecular weight excluding hydrogens is 328 g/mol. The molecule has 7 heteroatoms. The lowest BCUT2D eigenvalue weighted by Crippen LogP contribution is -2.17. The third-order valence-electron chi connectivity index (χ3n) is 4.14. The summed E-state index contributed by atoms with van der Waals surface area (Å²) >= 11 is 0. The fraction of sp³-hybridized carbons (Fsp3) is 0.294. The van der Waals surface area contributed by atoms with Crippen LogP contribution in [0.4, 0.5) is 11.4 Å². The van der Waals surface area contributed by atoms with Crippen molar-refractivity contribution in [2.45, 2.75) is 37.5 Å². The van der Waals surface area contributed by atoms with Gasteiger partial charge in [-0.05, 0) is 35.6 Å². The van der Waals surface area contributed by atoms with Crippen LogP contribution >= 0.6 is 0 Å². The molecule has 0 saturated heterocycles. The fourth-order valence-corrected chi connectivity index (χ4v) is 3.24. The standard InChI is InChI=1S/C17H20N2O4S/c1-4-17(2,3)13-8-10-16(11-9-13)24(22,23)18-14-6-5-7-15(12-14)19(20)21/h5-12,18H,4H2,1-3H3. The molecule has 0 heterocycles. The van der Waals surface area contributed by atoms with Gasteiger partial charge in [0.25, 0.3) is 15.7 Å². The van der Waals surface area contributed by atoms with Crippen LogP contribution in [0.3, 0.4) is 0 Å². The lowest BCUT2D eigenvalue weighted by Gasteiger charge is -2.23. The van der Waals surface area contributed by atoms with Gasteiger partial charge in [0.2, 0.25) is 0 Å². The Labute approximate surface area is 141 Å². The topological polar surface area (TPSA) is 89.3 Å². The minimum absolute atomic E-state index is 0.0320. The van der Waals surface area contributed by atoms with Crippen LogP contribution in [-0.2, 0) is 15.4 Å². The first-order valence-electron chi connectivity index (χ1n) is 7.53. The molecule has 0 aliphatic heterocycles. The number of nitro benzene ring substituents is 1. The summed E-state index contributed by atoms with van der Waals surface area (Å²) in [6.07, 6.45) is 0.936. The molecule has 2 aromatic rings. The predicted octanol–water partition coefficient (Wildman–Crippen LogP) is 4.08. The number of nitrogens with zero attached hydrogens (tertiary/aromatic N) is 1. The molecule has 1 N–H and O–H groups in total. The van der Waals surface area contributed by atoms with Crippen LogP contribution in [0, 0.1) is 10.1 Å². The van der Waals surface area contributed by atoms with E-state index in [1.54, 1.807) is 24.3 Å². The van der Waals surface area contributed by atoms with Crippen molar-refractivity contribution in [3.8, 4) is 0 Å². The molecule has 0 spiro atoms. The molecule has 24 heavy (non-hydrogen) atoms. The first-order valence-corrected chi connectivity index (χ1v) is 9.02. The Morgan fingerprint density at radius 1 is 1.12 bits per heavy atom. The molecule has 128 valence electrons. The summed E-state index contributed by atoms with van der Waals surface area (Å²) < 4.78 is 27.2. The molecule has 0 aromatic heterocycles. The number of hydrogen-bond donors (Lipinski definition) is 1. The summed E-state index contributed by atoms with van der Waals surface area (Å²) in [5.74, 6) is 0. The smallest absolute Gasteiger partial charge is 0.271 e. The molecular formula is C17H20N2O4S. The molecule has 0 fully saturated rings. The van der Waals surface area contributed by atoms with Gasteiger partial charge in [-0.15, -0.1) is 0 Å². The second-order valence-electron chi connectivity index (χ2n) is 6.17. The second-order valence-corrected chi connectivity index (χ2v) is 7.86. The minimum Gasteiger partial charge on any atom is -0.279 e. The van der Waals surface area contributed by atoms with E-state index >= 15 is 0 Å². The Balaban J connectivity index is 2.28. The summed E-state index contributed by atoms with van der Waals surface area (Å²) in [4.78, 5) is 10.3. The molecule has 0 unspecified atom stereocenters. The van der Waals surface area contributed by atoms with Crippen LogP contribution in [-0.4, -0.2) is 13.3 Å². The van der Waals surface area contributed by atoms with Gasteiger partial charge >= 0.3 is 0 Å². The number of nitro groups is 1. The van der Waals surface area contributed by atoms with Gasteiger partial charge in [-0.2, -0.15) is 0 Å². The largest absolute Gasteiger partial charge is 0.279 e. The number of non-ortho nitro benzene ring substituents is 1. The van der Waals surface area contributed by atoms with Crippen molar-refractivity contribution in [1.82, 2.24) is 0 Å². The molecule has 0 atom stereocenters. The van der Waals surface area contributed by atoms with Crippen LogP contribution in [0.5, 0.6) is 0 Å². The zero-order chi connectivity index (χ0) is 18.0. The number of rotatable bonds is 6. The van der Waals surface area contributed by atoms with Crippen molar-refractivity contribution in [3.05, 3.63) is 64.2 Å².